The number of carbonyl (C=O) groups is 1. The fourth-order valence-electron chi connectivity index (χ4n) is 2.56. The van der Waals surface area contributed by atoms with Gasteiger partial charge in [0.15, 0.2) is 0 Å². The number of ether oxygens (including phenoxy) is 1. The van der Waals surface area contributed by atoms with Crippen LogP contribution in [0.15, 0.2) is 97.4 Å². The van der Waals surface area contributed by atoms with E-state index in [0.717, 1.165) is 44.1 Å². The van der Waals surface area contributed by atoms with E-state index >= 15 is 0 Å². The molecule has 1 rings (SSSR count). The van der Waals surface area contributed by atoms with Gasteiger partial charge in [-0.25, -0.2) is 0 Å². The molecule has 0 amide bonds. The molecule has 0 aliphatic heterocycles. The zero-order valence-electron chi connectivity index (χ0n) is 18.9. The molecule has 0 fully saturated rings. The number of hydrogen-bond donors (Lipinski definition) is 0. The summed E-state index contributed by atoms with van der Waals surface area (Å²) in [6, 6.07) is 3.73. The lowest BCUT2D eigenvalue weighted by Gasteiger charge is -2.03. The SMILES string of the molecule is CC/C=C/C/C=C/C/C=C/C/C=C/C/C=C/C/C=C/CCC(=O)OCc1cccnc1. The zero-order valence-corrected chi connectivity index (χ0v) is 18.9. The van der Waals surface area contributed by atoms with Crippen LogP contribution in [-0.4, -0.2) is 11.0 Å². The van der Waals surface area contributed by atoms with Crippen LogP contribution in [0.3, 0.4) is 0 Å². The Morgan fingerprint density at radius 3 is 1.81 bits per heavy atom. The average Bonchev–Trinajstić information content (AvgIpc) is 2.80. The lowest BCUT2D eigenvalue weighted by atomic mass is 10.2. The van der Waals surface area contributed by atoms with Crippen LogP contribution in [0.5, 0.6) is 0 Å². The van der Waals surface area contributed by atoms with Crippen molar-refractivity contribution in [3.63, 3.8) is 0 Å². The molecular formula is C28H37NO2. The van der Waals surface area contributed by atoms with Gasteiger partial charge in [-0.1, -0.05) is 85.9 Å². The van der Waals surface area contributed by atoms with Gasteiger partial charge in [-0.3, -0.25) is 9.78 Å². The van der Waals surface area contributed by atoms with E-state index in [1.54, 1.807) is 12.4 Å². The van der Waals surface area contributed by atoms with E-state index in [0.29, 0.717) is 12.8 Å². The van der Waals surface area contributed by atoms with E-state index in [1.165, 1.54) is 0 Å². The molecule has 0 N–H and O–H groups in total. The number of esters is 1. The lowest BCUT2D eigenvalue weighted by molar-refractivity contribution is -0.144. The van der Waals surface area contributed by atoms with Crippen molar-refractivity contribution in [3.8, 4) is 0 Å². The Balaban J connectivity index is 1.96. The third kappa shape index (κ3) is 17.6. The highest BCUT2D eigenvalue weighted by Crippen LogP contribution is 2.02. The Labute approximate surface area is 188 Å². The minimum atomic E-state index is -0.177. The van der Waals surface area contributed by atoms with E-state index in [4.69, 9.17) is 4.74 Å². The quantitative estimate of drug-likeness (QED) is 0.204. The summed E-state index contributed by atoms with van der Waals surface area (Å²) in [5.74, 6) is -0.177. The molecule has 0 bridgehead atoms. The molecule has 3 heteroatoms. The van der Waals surface area contributed by atoms with Gasteiger partial charge in [0, 0.05) is 24.4 Å². The minimum Gasteiger partial charge on any atom is -0.461 e. The number of carbonyl (C=O) groups excluding carboxylic acids is 1. The van der Waals surface area contributed by atoms with Gasteiger partial charge in [-0.15, -0.1) is 0 Å². The topological polar surface area (TPSA) is 39.2 Å². The van der Waals surface area contributed by atoms with Gasteiger partial charge < -0.3 is 4.74 Å². The van der Waals surface area contributed by atoms with E-state index in [2.05, 4.69) is 78.7 Å². The maximum absolute atomic E-state index is 11.7. The number of hydrogen-bond acceptors (Lipinski definition) is 3. The second kappa shape index (κ2) is 20.3. The van der Waals surface area contributed by atoms with Crippen molar-refractivity contribution in [2.24, 2.45) is 0 Å². The van der Waals surface area contributed by atoms with Gasteiger partial charge in [0.25, 0.3) is 0 Å². The van der Waals surface area contributed by atoms with Gasteiger partial charge in [0.2, 0.25) is 0 Å². The molecule has 0 spiro atoms. The third-order valence-corrected chi connectivity index (χ3v) is 4.23. The summed E-state index contributed by atoms with van der Waals surface area (Å²) in [5.41, 5.74) is 0.907. The van der Waals surface area contributed by atoms with Gasteiger partial charge >= 0.3 is 5.97 Å². The summed E-state index contributed by atoms with van der Waals surface area (Å²) in [4.78, 5) is 15.7. The Bertz CT molecular complexity index is 740. The van der Waals surface area contributed by atoms with Crippen LogP contribution in [0.4, 0.5) is 0 Å². The highest BCUT2D eigenvalue weighted by molar-refractivity contribution is 5.69. The van der Waals surface area contributed by atoms with E-state index in [9.17, 15) is 4.79 Å². The second-order valence-electron chi connectivity index (χ2n) is 6.98. The first-order valence-electron chi connectivity index (χ1n) is 11.3. The maximum atomic E-state index is 11.7. The maximum Gasteiger partial charge on any atom is 0.306 e. The fourth-order valence-corrected chi connectivity index (χ4v) is 2.56. The van der Waals surface area contributed by atoms with E-state index in [-0.39, 0.29) is 12.6 Å². The van der Waals surface area contributed by atoms with Crippen LogP contribution < -0.4 is 0 Å². The van der Waals surface area contributed by atoms with Gasteiger partial charge in [-0.05, 0) is 51.0 Å². The van der Waals surface area contributed by atoms with Gasteiger partial charge in [0.1, 0.15) is 6.61 Å². The average molecular weight is 420 g/mol. The number of allylic oxidation sites excluding steroid dienone is 12. The normalized spacial score (nSPS) is 12.5. The van der Waals surface area contributed by atoms with Crippen molar-refractivity contribution < 1.29 is 9.53 Å². The molecule has 0 aliphatic rings. The lowest BCUT2D eigenvalue weighted by Crippen LogP contribution is -2.03. The van der Waals surface area contributed by atoms with Crippen molar-refractivity contribution >= 4 is 5.97 Å². The first kappa shape index (κ1) is 26.1. The molecule has 3 nitrogen and oxygen atoms in total. The molecule has 1 aromatic heterocycles. The number of rotatable bonds is 16. The first-order chi connectivity index (χ1) is 15.3. The minimum absolute atomic E-state index is 0.177. The van der Waals surface area contributed by atoms with Crippen molar-refractivity contribution in [1.29, 1.82) is 0 Å². The van der Waals surface area contributed by atoms with Crippen LogP contribution in [0.2, 0.25) is 0 Å². The monoisotopic (exact) mass is 419 g/mol. The third-order valence-electron chi connectivity index (χ3n) is 4.23. The van der Waals surface area contributed by atoms with Gasteiger partial charge in [-0.2, -0.15) is 0 Å². The second-order valence-corrected chi connectivity index (χ2v) is 6.98. The molecule has 0 aromatic carbocycles. The summed E-state index contributed by atoms with van der Waals surface area (Å²) in [6.45, 7) is 2.44. The Morgan fingerprint density at radius 2 is 1.32 bits per heavy atom. The Kier molecular flexibility index (Phi) is 17.1. The summed E-state index contributed by atoms with van der Waals surface area (Å²) < 4.78 is 5.22. The molecule has 0 atom stereocenters. The largest absolute Gasteiger partial charge is 0.461 e. The molecule has 1 heterocycles. The molecule has 0 aliphatic carbocycles. The van der Waals surface area contributed by atoms with Crippen molar-refractivity contribution in [2.45, 2.75) is 64.9 Å². The van der Waals surface area contributed by atoms with Gasteiger partial charge in [0.05, 0.1) is 0 Å². The van der Waals surface area contributed by atoms with Crippen LogP contribution in [0, 0.1) is 0 Å². The summed E-state index contributed by atoms with van der Waals surface area (Å²) in [5, 5.41) is 0. The Morgan fingerprint density at radius 1 is 0.806 bits per heavy atom. The van der Waals surface area contributed by atoms with Crippen molar-refractivity contribution in [2.75, 3.05) is 0 Å². The molecule has 0 radical (unpaired) electrons. The van der Waals surface area contributed by atoms with Crippen molar-refractivity contribution in [3.05, 3.63) is 103 Å². The molecule has 1 aromatic rings. The standard InChI is InChI=1S/C28H37NO2/c1-2-3-4-5-6-7-8-9-10-11-12-13-14-15-16-17-18-19-20-23-28(30)31-26-27-22-21-24-29-25-27/h3-4,6-7,9-10,12-13,15-16,18-19,21-22,24-25H,2,5,8,11,14,17,20,23,26H2,1H3/b4-3+,7-6+,10-9+,13-12+,16-15+,19-18+. The predicted octanol–water partition coefficient (Wildman–Crippen LogP) is 7.60. The van der Waals surface area contributed by atoms with E-state index < -0.39 is 0 Å². The first-order valence-corrected chi connectivity index (χ1v) is 11.3. The number of nitrogens with zero attached hydrogens (tertiary/aromatic N) is 1. The van der Waals surface area contributed by atoms with Crippen LogP contribution in [0.25, 0.3) is 0 Å². The summed E-state index contributed by atoms with van der Waals surface area (Å²) in [7, 11) is 0. The fraction of sp³-hybridized carbons (Fsp3) is 0.357. The molecule has 0 saturated heterocycles. The molecule has 0 unspecified atom stereocenters. The highest BCUT2D eigenvalue weighted by Gasteiger charge is 2.01. The van der Waals surface area contributed by atoms with E-state index in [1.807, 2.05) is 18.2 Å². The molecule has 166 valence electrons. The summed E-state index contributed by atoms with van der Waals surface area (Å²) >= 11 is 0. The van der Waals surface area contributed by atoms with Crippen molar-refractivity contribution in [1.82, 2.24) is 4.98 Å². The zero-order chi connectivity index (χ0) is 22.2. The van der Waals surface area contributed by atoms with Crippen LogP contribution in [0.1, 0.15) is 63.9 Å². The predicted molar refractivity (Wildman–Crippen MR) is 131 cm³/mol. The Hall–Kier alpha value is -2.94. The van der Waals surface area contributed by atoms with Crippen LogP contribution >= 0.6 is 0 Å². The molecule has 31 heavy (non-hydrogen) atoms. The smallest absolute Gasteiger partial charge is 0.306 e. The number of pyridine rings is 1. The summed E-state index contributed by atoms with van der Waals surface area (Å²) in [6.07, 6.45) is 36.5. The molecular weight excluding hydrogens is 382 g/mol. The molecule has 0 saturated carbocycles. The highest BCUT2D eigenvalue weighted by atomic mass is 16.5. The van der Waals surface area contributed by atoms with Crippen LogP contribution in [-0.2, 0) is 16.1 Å². The number of aromatic nitrogens is 1.